The van der Waals surface area contributed by atoms with E-state index in [-0.39, 0.29) is 12.5 Å². The largest absolute Gasteiger partial charge is 0.321 e. The number of nitrogens with two attached hydrogens (primary N) is 1. The quantitative estimate of drug-likeness (QED) is 0.836. The average molecular weight is 291 g/mol. The minimum atomic E-state index is -0.181. The predicted molar refractivity (Wildman–Crippen MR) is 79.7 cm³/mol. The van der Waals surface area contributed by atoms with Gasteiger partial charge in [-0.2, -0.15) is 11.3 Å². The van der Waals surface area contributed by atoms with Gasteiger partial charge in [-0.3, -0.25) is 4.79 Å². The van der Waals surface area contributed by atoms with Crippen molar-refractivity contribution in [2.45, 2.75) is 0 Å². The first-order valence-electron chi connectivity index (χ1n) is 5.53. The lowest BCUT2D eigenvalue weighted by Gasteiger charge is -2.07. The van der Waals surface area contributed by atoms with Crippen LogP contribution in [0.2, 0.25) is 5.02 Å². The second-order valence-electron chi connectivity index (χ2n) is 3.66. The second kappa shape index (κ2) is 6.39. The van der Waals surface area contributed by atoms with E-state index >= 15 is 0 Å². The molecule has 0 bridgehead atoms. The molecule has 0 radical (unpaired) electrons. The molecule has 1 aromatic carbocycles. The maximum atomic E-state index is 12.0. The van der Waals surface area contributed by atoms with E-state index in [1.165, 1.54) is 11.3 Å². The Morgan fingerprint density at radius 2 is 2.26 bits per heavy atom. The fourth-order valence-electron chi connectivity index (χ4n) is 1.46. The summed E-state index contributed by atoms with van der Waals surface area (Å²) in [4.78, 5) is 12.0. The summed E-state index contributed by atoms with van der Waals surface area (Å²) >= 11 is 7.41. The summed E-state index contributed by atoms with van der Waals surface area (Å²) in [6, 6.07) is 6.92. The van der Waals surface area contributed by atoms with Gasteiger partial charge < -0.3 is 11.1 Å². The average Bonchev–Trinajstić information content (AvgIpc) is 2.92. The number of hydrogen-bond donors (Lipinski definition) is 2. The van der Waals surface area contributed by atoms with E-state index in [0.717, 1.165) is 0 Å². The first kappa shape index (κ1) is 13.6. The molecule has 0 saturated heterocycles. The topological polar surface area (TPSA) is 55.1 Å². The molecule has 1 amide bonds. The van der Waals surface area contributed by atoms with E-state index in [9.17, 15) is 4.79 Å². The van der Waals surface area contributed by atoms with E-state index in [1.807, 2.05) is 5.38 Å². The van der Waals surface area contributed by atoms with Gasteiger partial charge in [-0.15, -0.1) is 0 Å². The molecule has 5 heteroatoms. The number of benzene rings is 1. The summed E-state index contributed by atoms with van der Waals surface area (Å²) in [6.45, 7) is 0.264. The number of nitrogens with one attached hydrogen (secondary N) is 1. The SMILES string of the molecule is NCC#Cc1ccc(Cl)cc1NC(=O)c1ccsc1. The van der Waals surface area contributed by atoms with E-state index in [1.54, 1.807) is 29.6 Å². The highest BCUT2D eigenvalue weighted by Crippen LogP contribution is 2.21. The van der Waals surface area contributed by atoms with Crippen LogP contribution in [0, 0.1) is 11.8 Å². The van der Waals surface area contributed by atoms with Gasteiger partial charge in [0.15, 0.2) is 0 Å². The number of rotatable bonds is 2. The highest BCUT2D eigenvalue weighted by Gasteiger charge is 2.09. The molecule has 0 saturated carbocycles. The number of thiophene rings is 1. The molecule has 0 aliphatic carbocycles. The number of anilines is 1. The molecule has 1 aromatic heterocycles. The Morgan fingerprint density at radius 1 is 1.42 bits per heavy atom. The minimum absolute atomic E-state index is 0.181. The lowest BCUT2D eigenvalue weighted by Crippen LogP contribution is -2.11. The first-order chi connectivity index (χ1) is 9.20. The summed E-state index contributed by atoms with van der Waals surface area (Å²) in [5.41, 5.74) is 7.24. The van der Waals surface area contributed by atoms with Crippen LogP contribution < -0.4 is 11.1 Å². The summed E-state index contributed by atoms with van der Waals surface area (Å²) < 4.78 is 0. The van der Waals surface area contributed by atoms with Crippen LogP contribution >= 0.6 is 22.9 Å². The van der Waals surface area contributed by atoms with Crippen LogP contribution in [0.4, 0.5) is 5.69 Å². The van der Waals surface area contributed by atoms with Crippen molar-refractivity contribution in [2.24, 2.45) is 5.73 Å². The Bertz CT molecular complexity index is 641. The summed E-state index contributed by atoms with van der Waals surface area (Å²) in [5, 5.41) is 6.98. The maximum absolute atomic E-state index is 12.0. The van der Waals surface area contributed by atoms with Crippen LogP contribution in [0.1, 0.15) is 15.9 Å². The van der Waals surface area contributed by atoms with Crippen molar-refractivity contribution in [1.29, 1.82) is 0 Å². The van der Waals surface area contributed by atoms with Gasteiger partial charge in [-0.1, -0.05) is 23.4 Å². The van der Waals surface area contributed by atoms with Gasteiger partial charge in [0.1, 0.15) is 0 Å². The van der Waals surface area contributed by atoms with Gasteiger partial charge in [0.25, 0.3) is 5.91 Å². The molecule has 96 valence electrons. The van der Waals surface area contributed by atoms with E-state index in [2.05, 4.69) is 17.2 Å². The third kappa shape index (κ3) is 3.58. The van der Waals surface area contributed by atoms with Gasteiger partial charge >= 0.3 is 0 Å². The number of halogens is 1. The van der Waals surface area contributed by atoms with E-state index in [4.69, 9.17) is 17.3 Å². The molecule has 0 aliphatic heterocycles. The fourth-order valence-corrected chi connectivity index (χ4v) is 2.27. The van der Waals surface area contributed by atoms with E-state index < -0.39 is 0 Å². The van der Waals surface area contributed by atoms with Crippen LogP contribution in [-0.4, -0.2) is 12.5 Å². The Kier molecular flexibility index (Phi) is 4.58. The van der Waals surface area contributed by atoms with Gasteiger partial charge in [-0.05, 0) is 29.6 Å². The van der Waals surface area contributed by atoms with Crippen molar-refractivity contribution in [3.8, 4) is 11.8 Å². The van der Waals surface area contributed by atoms with Crippen LogP contribution in [0.5, 0.6) is 0 Å². The number of amides is 1. The molecule has 0 fully saturated rings. The van der Waals surface area contributed by atoms with Gasteiger partial charge in [0, 0.05) is 16.0 Å². The third-order valence-corrected chi connectivity index (χ3v) is 3.26. The van der Waals surface area contributed by atoms with Crippen molar-refractivity contribution in [3.63, 3.8) is 0 Å². The Hall–Kier alpha value is -1.80. The molecule has 3 nitrogen and oxygen atoms in total. The number of carbonyl (C=O) groups excluding carboxylic acids is 1. The van der Waals surface area contributed by atoms with Gasteiger partial charge in [0.05, 0.1) is 17.8 Å². The number of hydrogen-bond acceptors (Lipinski definition) is 3. The monoisotopic (exact) mass is 290 g/mol. The molecule has 0 unspecified atom stereocenters. The third-order valence-electron chi connectivity index (χ3n) is 2.34. The molecule has 0 spiro atoms. The lowest BCUT2D eigenvalue weighted by atomic mass is 10.1. The van der Waals surface area contributed by atoms with Crippen molar-refractivity contribution < 1.29 is 4.79 Å². The Balaban J connectivity index is 2.28. The Labute approximate surface area is 120 Å². The highest BCUT2D eigenvalue weighted by molar-refractivity contribution is 7.08. The highest BCUT2D eigenvalue weighted by atomic mass is 35.5. The predicted octanol–water partition coefficient (Wildman–Crippen LogP) is 2.96. The van der Waals surface area contributed by atoms with Crippen LogP contribution in [-0.2, 0) is 0 Å². The smallest absolute Gasteiger partial charge is 0.256 e. The molecule has 1 heterocycles. The Morgan fingerprint density at radius 3 is 2.95 bits per heavy atom. The molecule has 19 heavy (non-hydrogen) atoms. The standard InChI is InChI=1S/C14H11ClN2OS/c15-12-4-3-10(2-1-6-16)13(8-12)17-14(18)11-5-7-19-9-11/h3-5,7-9H,6,16H2,(H,17,18). The van der Waals surface area contributed by atoms with Crippen molar-refractivity contribution in [2.75, 3.05) is 11.9 Å². The maximum Gasteiger partial charge on any atom is 0.256 e. The van der Waals surface area contributed by atoms with Crippen LogP contribution in [0.25, 0.3) is 0 Å². The summed E-state index contributed by atoms with van der Waals surface area (Å²) in [7, 11) is 0. The molecular weight excluding hydrogens is 280 g/mol. The summed E-state index contributed by atoms with van der Waals surface area (Å²) in [6.07, 6.45) is 0. The van der Waals surface area contributed by atoms with Gasteiger partial charge in [-0.25, -0.2) is 0 Å². The van der Waals surface area contributed by atoms with Gasteiger partial charge in [0.2, 0.25) is 0 Å². The van der Waals surface area contributed by atoms with Crippen molar-refractivity contribution >= 4 is 34.5 Å². The molecular formula is C14H11ClN2OS. The zero-order valence-electron chi connectivity index (χ0n) is 9.94. The fraction of sp³-hybridized carbons (Fsp3) is 0.0714. The minimum Gasteiger partial charge on any atom is -0.321 e. The van der Waals surface area contributed by atoms with E-state index in [0.29, 0.717) is 21.8 Å². The molecule has 0 atom stereocenters. The molecule has 2 aromatic rings. The zero-order chi connectivity index (χ0) is 13.7. The zero-order valence-corrected chi connectivity index (χ0v) is 11.5. The van der Waals surface area contributed by atoms with Crippen molar-refractivity contribution in [3.05, 3.63) is 51.2 Å². The van der Waals surface area contributed by atoms with Crippen molar-refractivity contribution in [1.82, 2.24) is 0 Å². The van der Waals surface area contributed by atoms with Crippen LogP contribution in [0.3, 0.4) is 0 Å². The summed E-state index contributed by atoms with van der Waals surface area (Å²) in [5.74, 6) is 5.48. The first-order valence-corrected chi connectivity index (χ1v) is 6.85. The number of carbonyl (C=O) groups is 1. The lowest BCUT2D eigenvalue weighted by molar-refractivity contribution is 0.102. The normalized spacial score (nSPS) is 9.58. The molecule has 0 aliphatic rings. The molecule has 2 rings (SSSR count). The van der Waals surface area contributed by atoms with Crippen LogP contribution in [0.15, 0.2) is 35.0 Å². The second-order valence-corrected chi connectivity index (χ2v) is 4.88. The molecule has 3 N–H and O–H groups in total.